The smallest absolute Gasteiger partial charge is 0.119 e. The Morgan fingerprint density at radius 3 is 2.69 bits per heavy atom. The van der Waals surface area contributed by atoms with Crippen LogP contribution in [-0.2, 0) is 0 Å². The van der Waals surface area contributed by atoms with Crippen LogP contribution >= 0.6 is 0 Å². The minimum atomic E-state index is -0.0773. The van der Waals surface area contributed by atoms with E-state index in [2.05, 4.69) is 18.2 Å². The summed E-state index contributed by atoms with van der Waals surface area (Å²) in [5, 5.41) is 11.0. The van der Waals surface area contributed by atoms with E-state index in [4.69, 9.17) is 10.00 Å². The number of benzene rings is 2. The average Bonchev–Trinajstić information content (AvgIpc) is 2.35. The van der Waals surface area contributed by atoms with Crippen LogP contribution in [0.5, 0.6) is 5.75 Å². The first kappa shape index (κ1) is 10.5. The molecule has 2 heteroatoms. The molecule has 0 N–H and O–H groups in total. The van der Waals surface area contributed by atoms with Gasteiger partial charge in [-0.1, -0.05) is 30.3 Å². The minimum absolute atomic E-state index is 0.0773. The van der Waals surface area contributed by atoms with Gasteiger partial charge in [-0.15, -0.1) is 0 Å². The molecule has 0 spiro atoms. The van der Waals surface area contributed by atoms with E-state index in [0.29, 0.717) is 6.61 Å². The Balaban J connectivity index is 2.17. The Labute approximate surface area is 95.1 Å². The Morgan fingerprint density at radius 2 is 1.94 bits per heavy atom. The van der Waals surface area contributed by atoms with Crippen LogP contribution in [0.4, 0.5) is 0 Å². The van der Waals surface area contributed by atoms with E-state index in [-0.39, 0.29) is 5.92 Å². The summed E-state index contributed by atoms with van der Waals surface area (Å²) in [5.74, 6) is 0.743. The number of hydrogen-bond acceptors (Lipinski definition) is 2. The molecule has 2 aromatic rings. The highest BCUT2D eigenvalue weighted by Gasteiger charge is 2.01. The van der Waals surface area contributed by atoms with Crippen LogP contribution in [0, 0.1) is 17.2 Å². The van der Waals surface area contributed by atoms with Crippen LogP contribution in [0.15, 0.2) is 42.5 Å². The van der Waals surface area contributed by atoms with Crippen molar-refractivity contribution in [3.8, 4) is 11.8 Å². The lowest BCUT2D eigenvalue weighted by atomic mass is 10.1. The first-order valence-corrected chi connectivity index (χ1v) is 5.31. The van der Waals surface area contributed by atoms with Crippen LogP contribution in [-0.4, -0.2) is 6.61 Å². The first-order chi connectivity index (χ1) is 7.79. The zero-order valence-electron chi connectivity index (χ0n) is 9.18. The molecule has 0 amide bonds. The molecule has 0 aliphatic rings. The van der Waals surface area contributed by atoms with Gasteiger partial charge in [-0.2, -0.15) is 5.26 Å². The van der Waals surface area contributed by atoms with Gasteiger partial charge in [0.05, 0.1) is 12.0 Å². The number of nitriles is 1. The molecule has 0 aromatic heterocycles. The van der Waals surface area contributed by atoms with Crippen molar-refractivity contribution in [3.05, 3.63) is 42.5 Å². The summed E-state index contributed by atoms with van der Waals surface area (Å²) in [5.41, 5.74) is 0. The van der Waals surface area contributed by atoms with Gasteiger partial charge < -0.3 is 4.74 Å². The van der Waals surface area contributed by atoms with Crippen LogP contribution in [0.2, 0.25) is 0 Å². The molecule has 80 valence electrons. The van der Waals surface area contributed by atoms with E-state index in [1.807, 2.05) is 37.3 Å². The Hall–Kier alpha value is -2.01. The molecule has 0 fully saturated rings. The van der Waals surface area contributed by atoms with E-state index < -0.39 is 0 Å². The van der Waals surface area contributed by atoms with Crippen molar-refractivity contribution in [1.82, 2.24) is 0 Å². The standard InChI is InChI=1S/C14H13NO/c1-11(9-15)10-16-14-7-6-12-4-2-3-5-13(12)8-14/h2-8,11H,10H2,1H3. The number of rotatable bonds is 3. The monoisotopic (exact) mass is 211 g/mol. The lowest BCUT2D eigenvalue weighted by Crippen LogP contribution is -2.05. The van der Waals surface area contributed by atoms with Crippen LogP contribution in [0.3, 0.4) is 0 Å². The number of hydrogen-bond donors (Lipinski definition) is 0. The lowest BCUT2D eigenvalue weighted by molar-refractivity contribution is 0.288. The first-order valence-electron chi connectivity index (χ1n) is 5.31. The largest absolute Gasteiger partial charge is 0.492 e. The van der Waals surface area contributed by atoms with E-state index in [0.717, 1.165) is 11.1 Å². The maximum Gasteiger partial charge on any atom is 0.119 e. The van der Waals surface area contributed by atoms with Gasteiger partial charge >= 0.3 is 0 Å². The second-order valence-corrected chi connectivity index (χ2v) is 3.85. The van der Waals surface area contributed by atoms with Gasteiger partial charge in [0, 0.05) is 0 Å². The van der Waals surface area contributed by atoms with E-state index in [1.54, 1.807) is 0 Å². The maximum atomic E-state index is 8.65. The molecule has 0 bridgehead atoms. The molecule has 1 atom stereocenters. The van der Waals surface area contributed by atoms with Crippen molar-refractivity contribution in [2.24, 2.45) is 5.92 Å². The van der Waals surface area contributed by atoms with Crippen molar-refractivity contribution in [2.45, 2.75) is 6.92 Å². The van der Waals surface area contributed by atoms with Gasteiger partial charge in [-0.25, -0.2) is 0 Å². The van der Waals surface area contributed by atoms with Gasteiger partial charge in [0.15, 0.2) is 0 Å². The van der Waals surface area contributed by atoms with E-state index in [9.17, 15) is 0 Å². The van der Waals surface area contributed by atoms with Gasteiger partial charge in [0.25, 0.3) is 0 Å². The van der Waals surface area contributed by atoms with Gasteiger partial charge in [0.2, 0.25) is 0 Å². The minimum Gasteiger partial charge on any atom is -0.492 e. The second kappa shape index (κ2) is 4.67. The van der Waals surface area contributed by atoms with Crippen LogP contribution in [0.25, 0.3) is 10.8 Å². The Bertz CT molecular complexity index is 527. The third-order valence-corrected chi connectivity index (χ3v) is 2.44. The topological polar surface area (TPSA) is 33.0 Å². The van der Waals surface area contributed by atoms with Crippen molar-refractivity contribution in [3.63, 3.8) is 0 Å². The number of nitrogens with zero attached hydrogens (tertiary/aromatic N) is 1. The molecule has 0 aliphatic heterocycles. The highest BCUT2D eigenvalue weighted by molar-refractivity contribution is 5.83. The zero-order chi connectivity index (χ0) is 11.4. The zero-order valence-corrected chi connectivity index (χ0v) is 9.18. The normalized spacial score (nSPS) is 12.0. The Morgan fingerprint density at radius 1 is 1.19 bits per heavy atom. The van der Waals surface area contributed by atoms with E-state index in [1.165, 1.54) is 5.39 Å². The molecular formula is C14H13NO. The van der Waals surface area contributed by atoms with Crippen molar-refractivity contribution < 1.29 is 4.74 Å². The third kappa shape index (κ3) is 2.32. The second-order valence-electron chi connectivity index (χ2n) is 3.85. The van der Waals surface area contributed by atoms with Gasteiger partial charge in [-0.3, -0.25) is 0 Å². The molecule has 2 nitrogen and oxygen atoms in total. The average molecular weight is 211 g/mol. The van der Waals surface area contributed by atoms with E-state index >= 15 is 0 Å². The summed E-state index contributed by atoms with van der Waals surface area (Å²) in [6.07, 6.45) is 0. The SMILES string of the molecule is CC(C#N)COc1ccc2ccccc2c1. The summed E-state index contributed by atoms with van der Waals surface area (Å²) in [7, 11) is 0. The predicted molar refractivity (Wildman–Crippen MR) is 64.2 cm³/mol. The summed E-state index contributed by atoms with van der Waals surface area (Å²) in [4.78, 5) is 0. The summed E-state index contributed by atoms with van der Waals surface area (Å²) >= 11 is 0. The fourth-order valence-corrected chi connectivity index (χ4v) is 1.52. The van der Waals surface area contributed by atoms with Gasteiger partial charge in [-0.05, 0) is 29.8 Å². The Kier molecular flexibility index (Phi) is 3.07. The molecule has 0 saturated carbocycles. The summed E-state index contributed by atoms with van der Waals surface area (Å²) in [6.45, 7) is 2.29. The summed E-state index contributed by atoms with van der Waals surface area (Å²) in [6, 6.07) is 16.2. The predicted octanol–water partition coefficient (Wildman–Crippen LogP) is 3.38. The molecule has 0 aliphatic carbocycles. The number of ether oxygens (including phenoxy) is 1. The van der Waals surface area contributed by atoms with Crippen molar-refractivity contribution >= 4 is 10.8 Å². The van der Waals surface area contributed by atoms with Crippen LogP contribution < -0.4 is 4.74 Å². The molecule has 0 heterocycles. The molecule has 2 aromatic carbocycles. The maximum absolute atomic E-state index is 8.65. The molecular weight excluding hydrogens is 198 g/mol. The number of fused-ring (bicyclic) bond motifs is 1. The fraction of sp³-hybridized carbons (Fsp3) is 0.214. The third-order valence-electron chi connectivity index (χ3n) is 2.44. The van der Waals surface area contributed by atoms with Crippen molar-refractivity contribution in [1.29, 1.82) is 5.26 Å². The van der Waals surface area contributed by atoms with Crippen molar-refractivity contribution in [2.75, 3.05) is 6.61 Å². The molecule has 2 rings (SSSR count). The fourth-order valence-electron chi connectivity index (χ4n) is 1.52. The van der Waals surface area contributed by atoms with Gasteiger partial charge in [0.1, 0.15) is 12.4 Å². The van der Waals surface area contributed by atoms with Crippen LogP contribution in [0.1, 0.15) is 6.92 Å². The molecule has 1 unspecified atom stereocenters. The highest BCUT2D eigenvalue weighted by Crippen LogP contribution is 2.20. The summed E-state index contributed by atoms with van der Waals surface area (Å²) < 4.78 is 5.54. The quantitative estimate of drug-likeness (QED) is 0.779. The highest BCUT2D eigenvalue weighted by atomic mass is 16.5. The molecule has 0 radical (unpaired) electrons. The molecule has 0 saturated heterocycles. The lowest BCUT2D eigenvalue weighted by Gasteiger charge is -2.07. The molecule has 16 heavy (non-hydrogen) atoms.